The van der Waals surface area contributed by atoms with E-state index in [1.807, 2.05) is 27.0 Å². The van der Waals surface area contributed by atoms with Crippen molar-refractivity contribution in [1.82, 2.24) is 4.90 Å². The molecule has 0 aromatic carbocycles. The molecule has 2 heteroatoms. The van der Waals surface area contributed by atoms with Crippen LogP contribution in [0.4, 0.5) is 0 Å². The molecular weight excluding hydrogens is 186 g/mol. The Kier molecular flexibility index (Phi) is 3.89. The molecule has 1 aliphatic heterocycles. The van der Waals surface area contributed by atoms with Crippen LogP contribution >= 0.6 is 0 Å². The zero-order valence-corrected chi connectivity index (χ0v) is 9.79. The number of hydrogen-bond acceptors (Lipinski definition) is 1. The molecule has 1 aliphatic rings. The van der Waals surface area contributed by atoms with Gasteiger partial charge in [-0.1, -0.05) is 24.8 Å². The SMILES string of the molecule is C=C/C=C1\C(=C/C)CCN(C)C(=O)C1C. The fourth-order valence-corrected chi connectivity index (χ4v) is 1.97. The molecule has 1 fully saturated rings. The average molecular weight is 205 g/mol. The van der Waals surface area contributed by atoms with Crippen molar-refractivity contribution in [2.45, 2.75) is 20.3 Å². The summed E-state index contributed by atoms with van der Waals surface area (Å²) in [6.45, 7) is 8.49. The van der Waals surface area contributed by atoms with Gasteiger partial charge >= 0.3 is 0 Å². The fraction of sp³-hybridized carbons (Fsp3) is 0.462. The van der Waals surface area contributed by atoms with Crippen LogP contribution in [0.5, 0.6) is 0 Å². The minimum atomic E-state index is -0.0540. The van der Waals surface area contributed by atoms with Gasteiger partial charge in [0.15, 0.2) is 0 Å². The second kappa shape index (κ2) is 4.96. The lowest BCUT2D eigenvalue weighted by atomic mass is 9.92. The molecule has 0 aromatic rings. The minimum absolute atomic E-state index is 0.0540. The largest absolute Gasteiger partial charge is 0.345 e. The molecule has 0 saturated carbocycles. The highest BCUT2D eigenvalue weighted by Crippen LogP contribution is 2.27. The Bertz CT molecular complexity index is 325. The highest BCUT2D eigenvalue weighted by atomic mass is 16.2. The molecule has 1 rings (SSSR count). The number of nitrogens with zero attached hydrogens (tertiary/aromatic N) is 1. The molecular formula is C13H19NO. The smallest absolute Gasteiger partial charge is 0.229 e. The Morgan fingerprint density at radius 1 is 1.53 bits per heavy atom. The van der Waals surface area contributed by atoms with E-state index in [-0.39, 0.29) is 11.8 Å². The predicted molar refractivity (Wildman–Crippen MR) is 63.5 cm³/mol. The summed E-state index contributed by atoms with van der Waals surface area (Å²) in [5.74, 6) is 0.140. The third-order valence-corrected chi connectivity index (χ3v) is 2.95. The minimum Gasteiger partial charge on any atom is -0.345 e. The predicted octanol–water partition coefficient (Wildman–Crippen LogP) is 2.54. The molecule has 15 heavy (non-hydrogen) atoms. The number of carbonyl (C=O) groups excluding carboxylic acids is 1. The number of rotatable bonds is 1. The first-order chi connectivity index (χ1) is 7.11. The van der Waals surface area contributed by atoms with Crippen molar-refractivity contribution in [2.75, 3.05) is 13.6 Å². The summed E-state index contributed by atoms with van der Waals surface area (Å²) in [7, 11) is 1.86. The van der Waals surface area contributed by atoms with Crippen LogP contribution in [-0.2, 0) is 4.79 Å². The van der Waals surface area contributed by atoms with Gasteiger partial charge in [-0.15, -0.1) is 0 Å². The van der Waals surface area contributed by atoms with E-state index >= 15 is 0 Å². The van der Waals surface area contributed by atoms with E-state index < -0.39 is 0 Å². The molecule has 1 heterocycles. The molecule has 0 radical (unpaired) electrons. The van der Waals surface area contributed by atoms with E-state index in [1.165, 1.54) is 5.57 Å². The van der Waals surface area contributed by atoms with E-state index in [4.69, 9.17) is 0 Å². The van der Waals surface area contributed by atoms with Crippen LogP contribution in [0.2, 0.25) is 0 Å². The van der Waals surface area contributed by atoms with Crippen molar-refractivity contribution >= 4 is 5.91 Å². The lowest BCUT2D eigenvalue weighted by Crippen LogP contribution is -2.30. The van der Waals surface area contributed by atoms with Gasteiger partial charge in [-0.2, -0.15) is 0 Å². The second-order valence-electron chi connectivity index (χ2n) is 3.90. The van der Waals surface area contributed by atoms with Crippen molar-refractivity contribution in [1.29, 1.82) is 0 Å². The third-order valence-electron chi connectivity index (χ3n) is 2.95. The zero-order chi connectivity index (χ0) is 11.4. The van der Waals surface area contributed by atoms with Gasteiger partial charge in [-0.05, 0) is 31.4 Å². The van der Waals surface area contributed by atoms with Crippen LogP contribution in [-0.4, -0.2) is 24.4 Å². The Balaban J connectivity index is 3.12. The first-order valence-electron chi connectivity index (χ1n) is 5.35. The van der Waals surface area contributed by atoms with Crippen molar-refractivity contribution < 1.29 is 4.79 Å². The quantitative estimate of drug-likeness (QED) is 0.644. The summed E-state index contributed by atoms with van der Waals surface area (Å²) < 4.78 is 0. The molecule has 0 spiro atoms. The summed E-state index contributed by atoms with van der Waals surface area (Å²) in [5, 5.41) is 0. The molecule has 1 unspecified atom stereocenters. The summed E-state index contributed by atoms with van der Waals surface area (Å²) in [4.78, 5) is 13.7. The maximum Gasteiger partial charge on any atom is 0.229 e. The Hall–Kier alpha value is -1.31. The highest BCUT2D eigenvalue weighted by Gasteiger charge is 2.26. The van der Waals surface area contributed by atoms with Crippen molar-refractivity contribution in [3.05, 3.63) is 36.0 Å². The van der Waals surface area contributed by atoms with Gasteiger partial charge in [0.05, 0.1) is 5.92 Å². The van der Waals surface area contributed by atoms with Gasteiger partial charge < -0.3 is 4.90 Å². The van der Waals surface area contributed by atoms with Crippen molar-refractivity contribution in [3.63, 3.8) is 0 Å². The average Bonchev–Trinajstić information content (AvgIpc) is 2.33. The van der Waals surface area contributed by atoms with E-state index in [0.29, 0.717) is 0 Å². The van der Waals surface area contributed by atoms with Gasteiger partial charge in [0.2, 0.25) is 5.91 Å². The van der Waals surface area contributed by atoms with Gasteiger partial charge in [0.1, 0.15) is 0 Å². The molecule has 0 N–H and O–H groups in total. The van der Waals surface area contributed by atoms with Gasteiger partial charge in [0.25, 0.3) is 0 Å². The normalized spacial score (nSPS) is 28.3. The summed E-state index contributed by atoms with van der Waals surface area (Å²) in [6.07, 6.45) is 6.74. The van der Waals surface area contributed by atoms with Crippen LogP contribution in [0.1, 0.15) is 20.3 Å². The molecule has 0 bridgehead atoms. The lowest BCUT2D eigenvalue weighted by Gasteiger charge is -2.17. The van der Waals surface area contributed by atoms with E-state index in [0.717, 1.165) is 18.5 Å². The Morgan fingerprint density at radius 3 is 2.73 bits per heavy atom. The molecule has 1 atom stereocenters. The zero-order valence-electron chi connectivity index (χ0n) is 9.79. The van der Waals surface area contributed by atoms with E-state index in [2.05, 4.69) is 12.7 Å². The lowest BCUT2D eigenvalue weighted by molar-refractivity contribution is -0.131. The number of amides is 1. The number of likely N-dealkylation sites (tertiary alicyclic amines) is 1. The van der Waals surface area contributed by atoms with Crippen LogP contribution in [0.15, 0.2) is 36.0 Å². The standard InChI is InChI=1S/C13H19NO/c1-5-7-12-10(3)13(15)14(4)9-8-11(12)6-2/h5-7,10H,1,8-9H2,2-4H3/b11-6-,12-7-. The third kappa shape index (κ3) is 2.38. The number of hydrogen-bond donors (Lipinski definition) is 0. The van der Waals surface area contributed by atoms with Crippen LogP contribution in [0.3, 0.4) is 0 Å². The first-order valence-corrected chi connectivity index (χ1v) is 5.35. The summed E-state index contributed by atoms with van der Waals surface area (Å²) in [5.41, 5.74) is 2.38. The van der Waals surface area contributed by atoms with Gasteiger partial charge in [0, 0.05) is 13.6 Å². The first kappa shape index (κ1) is 11.8. The van der Waals surface area contributed by atoms with Crippen LogP contribution < -0.4 is 0 Å². The molecule has 82 valence electrons. The molecule has 1 amide bonds. The molecule has 0 aromatic heterocycles. The molecule has 0 aliphatic carbocycles. The Morgan fingerprint density at radius 2 is 2.20 bits per heavy atom. The maximum atomic E-state index is 11.9. The fourth-order valence-electron chi connectivity index (χ4n) is 1.97. The monoisotopic (exact) mass is 205 g/mol. The number of carbonyl (C=O) groups is 1. The van der Waals surface area contributed by atoms with Gasteiger partial charge in [-0.25, -0.2) is 0 Å². The van der Waals surface area contributed by atoms with Crippen molar-refractivity contribution in [2.24, 2.45) is 5.92 Å². The van der Waals surface area contributed by atoms with Crippen molar-refractivity contribution in [3.8, 4) is 0 Å². The molecule has 2 nitrogen and oxygen atoms in total. The highest BCUT2D eigenvalue weighted by molar-refractivity contribution is 5.83. The topological polar surface area (TPSA) is 20.3 Å². The van der Waals surface area contributed by atoms with Crippen LogP contribution in [0, 0.1) is 5.92 Å². The van der Waals surface area contributed by atoms with Crippen LogP contribution in [0.25, 0.3) is 0 Å². The van der Waals surface area contributed by atoms with E-state index in [9.17, 15) is 4.79 Å². The van der Waals surface area contributed by atoms with Gasteiger partial charge in [-0.3, -0.25) is 4.79 Å². The van der Waals surface area contributed by atoms with E-state index in [1.54, 1.807) is 11.0 Å². The second-order valence-corrected chi connectivity index (χ2v) is 3.90. The maximum absolute atomic E-state index is 11.9. The summed E-state index contributed by atoms with van der Waals surface area (Å²) >= 11 is 0. The molecule has 1 saturated heterocycles. The Labute approximate surface area is 92.0 Å². The number of allylic oxidation sites excluding steroid dienone is 3. The summed E-state index contributed by atoms with van der Waals surface area (Å²) in [6, 6.07) is 0.